The molecule has 4 nitrogen and oxygen atoms in total. The molecule has 1 heterocycles. The van der Waals surface area contributed by atoms with E-state index in [1.807, 2.05) is 6.07 Å². The lowest BCUT2D eigenvalue weighted by atomic mass is 10.2. The monoisotopic (exact) mass is 219 g/mol. The molecule has 4 heteroatoms. The molecule has 0 aliphatic carbocycles. The molecule has 0 spiro atoms. The van der Waals surface area contributed by atoms with Gasteiger partial charge in [-0.1, -0.05) is 12.1 Å². The molecule has 16 heavy (non-hydrogen) atoms. The maximum absolute atomic E-state index is 9.33. The number of oxazole rings is 1. The topological polar surface area (TPSA) is 66.5 Å². The van der Waals surface area contributed by atoms with Crippen molar-refractivity contribution < 1.29 is 14.6 Å². The van der Waals surface area contributed by atoms with Gasteiger partial charge in [-0.3, -0.25) is 0 Å². The fourth-order valence-corrected chi connectivity index (χ4v) is 1.45. The molecule has 0 radical (unpaired) electrons. The summed E-state index contributed by atoms with van der Waals surface area (Å²) >= 11 is 0. The fraction of sp³-hybridized carbons (Fsp3) is 0.250. The Hall–Kier alpha value is -1.81. The van der Waals surface area contributed by atoms with E-state index < -0.39 is 0 Å². The highest BCUT2D eigenvalue weighted by molar-refractivity contribution is 5.59. The van der Waals surface area contributed by atoms with Gasteiger partial charge in [0.1, 0.15) is 17.7 Å². The first-order valence-electron chi connectivity index (χ1n) is 5.14. The average molecular weight is 219 g/mol. The van der Waals surface area contributed by atoms with E-state index >= 15 is 0 Å². The van der Waals surface area contributed by atoms with Gasteiger partial charge >= 0.3 is 0 Å². The number of benzene rings is 1. The van der Waals surface area contributed by atoms with Crippen LogP contribution in [0.5, 0.6) is 5.75 Å². The van der Waals surface area contributed by atoms with Crippen LogP contribution in [-0.4, -0.2) is 21.8 Å². The Morgan fingerprint density at radius 1 is 1.31 bits per heavy atom. The number of hydrogen-bond acceptors (Lipinski definition) is 4. The van der Waals surface area contributed by atoms with Gasteiger partial charge in [0.25, 0.3) is 0 Å². The predicted molar refractivity (Wildman–Crippen MR) is 59.0 cm³/mol. The number of aryl methyl sites for hydroxylation is 1. The smallest absolute Gasteiger partial charge is 0.194 e. The number of aliphatic hydroxyl groups is 1. The summed E-state index contributed by atoms with van der Waals surface area (Å²) in [5, 5.41) is 18.0. The van der Waals surface area contributed by atoms with Gasteiger partial charge in [0, 0.05) is 18.6 Å². The Labute approximate surface area is 93.2 Å². The number of aromatic hydroxyl groups is 1. The summed E-state index contributed by atoms with van der Waals surface area (Å²) in [4.78, 5) is 4.27. The van der Waals surface area contributed by atoms with E-state index in [0.29, 0.717) is 24.4 Å². The molecule has 0 unspecified atom stereocenters. The minimum Gasteiger partial charge on any atom is -0.508 e. The number of hydrogen-bond donors (Lipinski definition) is 2. The second-order valence-electron chi connectivity index (χ2n) is 3.50. The molecule has 1 aromatic heterocycles. The molecule has 84 valence electrons. The van der Waals surface area contributed by atoms with Gasteiger partial charge in [-0.2, -0.15) is 0 Å². The quantitative estimate of drug-likeness (QED) is 0.825. The zero-order valence-corrected chi connectivity index (χ0v) is 8.76. The molecule has 0 fully saturated rings. The van der Waals surface area contributed by atoms with Crippen molar-refractivity contribution in [1.29, 1.82) is 0 Å². The zero-order valence-electron chi connectivity index (χ0n) is 8.76. The van der Waals surface area contributed by atoms with Gasteiger partial charge in [0.2, 0.25) is 0 Å². The zero-order chi connectivity index (χ0) is 11.4. The Balaban J connectivity index is 2.18. The molecule has 0 bridgehead atoms. The van der Waals surface area contributed by atoms with Crippen LogP contribution in [0.1, 0.15) is 12.3 Å². The predicted octanol–water partition coefficient (Wildman–Crippen LogP) is 1.97. The summed E-state index contributed by atoms with van der Waals surface area (Å²) < 4.78 is 5.26. The van der Waals surface area contributed by atoms with Gasteiger partial charge in [0.15, 0.2) is 5.89 Å². The summed E-state index contributed by atoms with van der Waals surface area (Å²) in [6.45, 7) is 0.129. The minimum absolute atomic E-state index is 0.129. The van der Waals surface area contributed by atoms with Crippen LogP contribution >= 0.6 is 0 Å². The van der Waals surface area contributed by atoms with Crippen molar-refractivity contribution in [1.82, 2.24) is 4.98 Å². The van der Waals surface area contributed by atoms with Crippen LogP contribution in [0.3, 0.4) is 0 Å². The minimum atomic E-state index is 0.129. The highest BCUT2D eigenvalue weighted by Crippen LogP contribution is 2.22. The third-order valence-electron chi connectivity index (χ3n) is 2.24. The number of phenolic OH excluding ortho intramolecular Hbond substituents is 1. The van der Waals surface area contributed by atoms with Crippen molar-refractivity contribution in [2.24, 2.45) is 0 Å². The van der Waals surface area contributed by atoms with E-state index in [4.69, 9.17) is 9.52 Å². The number of aliphatic hydroxyl groups excluding tert-OH is 1. The molecule has 2 N–H and O–H groups in total. The molecule has 2 rings (SSSR count). The molecule has 1 aromatic carbocycles. The second kappa shape index (κ2) is 4.81. The van der Waals surface area contributed by atoms with E-state index in [-0.39, 0.29) is 12.4 Å². The Morgan fingerprint density at radius 2 is 2.19 bits per heavy atom. The maximum Gasteiger partial charge on any atom is 0.194 e. The molecular weight excluding hydrogens is 206 g/mol. The molecule has 0 saturated heterocycles. The first kappa shape index (κ1) is 10.7. The van der Waals surface area contributed by atoms with E-state index in [0.717, 1.165) is 5.56 Å². The van der Waals surface area contributed by atoms with Gasteiger partial charge in [-0.15, -0.1) is 0 Å². The summed E-state index contributed by atoms with van der Waals surface area (Å²) in [6, 6.07) is 6.85. The lowest BCUT2D eigenvalue weighted by Crippen LogP contribution is -1.89. The van der Waals surface area contributed by atoms with Crippen LogP contribution in [0, 0.1) is 0 Å². The van der Waals surface area contributed by atoms with Crippen LogP contribution in [0.4, 0.5) is 0 Å². The average Bonchev–Trinajstić information content (AvgIpc) is 2.75. The lowest BCUT2D eigenvalue weighted by molar-refractivity contribution is 0.283. The summed E-state index contributed by atoms with van der Waals surface area (Å²) in [5.41, 5.74) is 1.52. The molecule has 0 amide bonds. The van der Waals surface area contributed by atoms with Crippen molar-refractivity contribution in [2.75, 3.05) is 6.61 Å². The van der Waals surface area contributed by atoms with Gasteiger partial charge in [-0.05, 0) is 18.6 Å². The third-order valence-corrected chi connectivity index (χ3v) is 2.24. The molecule has 0 aliphatic rings. The van der Waals surface area contributed by atoms with Crippen molar-refractivity contribution in [3.63, 3.8) is 0 Å². The lowest BCUT2D eigenvalue weighted by Gasteiger charge is -1.95. The van der Waals surface area contributed by atoms with Crippen molar-refractivity contribution in [3.8, 4) is 17.0 Å². The largest absolute Gasteiger partial charge is 0.508 e. The molecule has 0 aliphatic heterocycles. The maximum atomic E-state index is 9.33. The molecule has 2 aromatic rings. The molecule has 0 saturated carbocycles. The number of nitrogens with zero attached hydrogens (tertiary/aromatic N) is 1. The van der Waals surface area contributed by atoms with Gasteiger partial charge in [0.05, 0.1) is 0 Å². The highest BCUT2D eigenvalue weighted by atomic mass is 16.3. The summed E-state index contributed by atoms with van der Waals surface area (Å²) in [5.74, 6) is 0.810. The van der Waals surface area contributed by atoms with E-state index in [1.54, 1.807) is 24.5 Å². The number of aromatic nitrogens is 1. The van der Waals surface area contributed by atoms with Crippen LogP contribution in [-0.2, 0) is 6.42 Å². The van der Waals surface area contributed by atoms with Crippen molar-refractivity contribution >= 4 is 0 Å². The van der Waals surface area contributed by atoms with Crippen molar-refractivity contribution in [2.45, 2.75) is 12.8 Å². The first-order chi connectivity index (χ1) is 7.79. The summed E-state index contributed by atoms with van der Waals surface area (Å²) in [7, 11) is 0. The van der Waals surface area contributed by atoms with E-state index in [9.17, 15) is 5.11 Å². The van der Waals surface area contributed by atoms with Crippen LogP contribution in [0.2, 0.25) is 0 Å². The second-order valence-corrected chi connectivity index (χ2v) is 3.50. The first-order valence-corrected chi connectivity index (χ1v) is 5.14. The normalized spacial score (nSPS) is 10.6. The Kier molecular flexibility index (Phi) is 3.22. The fourth-order valence-electron chi connectivity index (χ4n) is 1.45. The number of rotatable bonds is 4. The third kappa shape index (κ3) is 2.41. The van der Waals surface area contributed by atoms with Crippen LogP contribution in [0.15, 0.2) is 34.9 Å². The molecular formula is C12H13NO3. The SMILES string of the molecule is OCCCc1nc(-c2cccc(O)c2)co1. The van der Waals surface area contributed by atoms with Gasteiger partial charge < -0.3 is 14.6 Å². The molecule has 0 atom stereocenters. The number of phenols is 1. The Bertz CT molecular complexity index is 465. The van der Waals surface area contributed by atoms with Crippen molar-refractivity contribution in [3.05, 3.63) is 36.4 Å². The van der Waals surface area contributed by atoms with E-state index in [2.05, 4.69) is 4.98 Å². The van der Waals surface area contributed by atoms with Crippen LogP contribution < -0.4 is 0 Å². The van der Waals surface area contributed by atoms with Crippen LogP contribution in [0.25, 0.3) is 11.3 Å². The Morgan fingerprint density at radius 3 is 2.94 bits per heavy atom. The summed E-state index contributed by atoms with van der Waals surface area (Å²) in [6.07, 6.45) is 2.82. The highest BCUT2D eigenvalue weighted by Gasteiger charge is 2.06. The standard InChI is InChI=1S/C12H13NO3/c14-6-2-5-12-13-11(8-16-12)9-3-1-4-10(15)7-9/h1,3-4,7-8,14-15H,2,5-6H2. The van der Waals surface area contributed by atoms with Gasteiger partial charge in [-0.25, -0.2) is 4.98 Å². The van der Waals surface area contributed by atoms with E-state index in [1.165, 1.54) is 0 Å².